The fraction of sp³-hybridized carbons (Fsp3) is 0.167. The lowest BCUT2D eigenvalue weighted by atomic mass is 10.3. The number of hydrogen-bond donors (Lipinski definition) is 1. The van der Waals surface area contributed by atoms with E-state index in [0.29, 0.717) is 12.4 Å². The maximum atomic E-state index is 5.61. The Morgan fingerprint density at radius 3 is 2.78 bits per heavy atom. The molecule has 0 spiro atoms. The Morgan fingerprint density at radius 1 is 1.28 bits per heavy atom. The van der Waals surface area contributed by atoms with E-state index in [4.69, 9.17) is 4.74 Å². The molecule has 1 aromatic carbocycles. The summed E-state index contributed by atoms with van der Waals surface area (Å²) < 4.78 is 8.29. The van der Waals surface area contributed by atoms with E-state index in [1.165, 1.54) is 0 Å². The first kappa shape index (κ1) is 11.3. The first-order chi connectivity index (χ1) is 8.74. The molecule has 92 valence electrons. The Labute approximate surface area is 112 Å². The topological polar surface area (TPSA) is 55.2 Å². The van der Waals surface area contributed by atoms with Crippen molar-refractivity contribution in [1.29, 1.82) is 0 Å². The van der Waals surface area contributed by atoms with Gasteiger partial charge in [0.15, 0.2) is 5.82 Å². The zero-order valence-electron chi connectivity index (χ0n) is 9.72. The summed E-state index contributed by atoms with van der Waals surface area (Å²) in [6.45, 7) is 2.31. The van der Waals surface area contributed by atoms with Crippen LogP contribution in [0, 0.1) is 6.92 Å². The van der Waals surface area contributed by atoms with E-state index in [1.54, 1.807) is 4.52 Å². The Balaban J connectivity index is 1.79. The summed E-state index contributed by atoms with van der Waals surface area (Å²) in [5, 5.41) is 3.13. The summed E-state index contributed by atoms with van der Waals surface area (Å²) in [6.07, 6.45) is 0. The Bertz CT molecular complexity index is 674. The molecule has 0 aliphatic rings. The van der Waals surface area contributed by atoms with Crippen LogP contribution < -0.4 is 4.74 Å². The first-order valence-corrected chi connectivity index (χ1v) is 6.30. The summed E-state index contributed by atoms with van der Waals surface area (Å²) in [6, 6.07) is 9.64. The van der Waals surface area contributed by atoms with Crippen molar-refractivity contribution in [3.8, 4) is 5.75 Å². The van der Waals surface area contributed by atoms with Gasteiger partial charge in [0.05, 0.1) is 5.69 Å². The van der Waals surface area contributed by atoms with Gasteiger partial charge in [0, 0.05) is 0 Å². The molecule has 2 heterocycles. The van der Waals surface area contributed by atoms with Crippen LogP contribution in [0.15, 0.2) is 34.9 Å². The maximum absolute atomic E-state index is 5.61. The molecule has 0 saturated heterocycles. The number of aromatic amines is 1. The smallest absolute Gasteiger partial charge is 0.252 e. The highest BCUT2D eigenvalue weighted by Crippen LogP contribution is 2.17. The van der Waals surface area contributed by atoms with Crippen LogP contribution in [0.5, 0.6) is 5.75 Å². The zero-order chi connectivity index (χ0) is 12.5. The van der Waals surface area contributed by atoms with Gasteiger partial charge in [0.25, 0.3) is 5.78 Å². The van der Waals surface area contributed by atoms with Crippen LogP contribution in [0.4, 0.5) is 0 Å². The quantitative estimate of drug-likeness (QED) is 0.809. The van der Waals surface area contributed by atoms with Crippen LogP contribution in [-0.2, 0) is 6.61 Å². The van der Waals surface area contributed by atoms with Crippen LogP contribution in [0.2, 0.25) is 0 Å². The molecule has 0 fully saturated rings. The molecule has 3 rings (SSSR count). The van der Waals surface area contributed by atoms with Gasteiger partial charge in [-0.25, -0.2) is 9.50 Å². The number of hydrogen-bond acceptors (Lipinski definition) is 3. The van der Waals surface area contributed by atoms with Crippen molar-refractivity contribution in [2.75, 3.05) is 0 Å². The van der Waals surface area contributed by atoms with Gasteiger partial charge < -0.3 is 4.74 Å². The predicted molar refractivity (Wildman–Crippen MR) is 70.5 cm³/mol. The van der Waals surface area contributed by atoms with E-state index in [2.05, 4.69) is 31.0 Å². The van der Waals surface area contributed by atoms with Gasteiger partial charge in [0.1, 0.15) is 17.0 Å². The minimum Gasteiger partial charge on any atom is -0.486 e. The SMILES string of the molecule is Cc1nc2nc(COc3ccccc3)[nH]n2c1Br. The molecule has 1 N–H and O–H groups in total. The van der Waals surface area contributed by atoms with Crippen LogP contribution in [0.3, 0.4) is 0 Å². The minimum atomic E-state index is 0.388. The second-order valence-corrected chi connectivity index (χ2v) is 4.65. The number of halogens is 1. The summed E-state index contributed by atoms with van der Waals surface area (Å²) in [5.41, 5.74) is 0.907. The highest BCUT2D eigenvalue weighted by atomic mass is 79.9. The molecule has 0 aliphatic carbocycles. The third-order valence-corrected chi connectivity index (χ3v) is 3.49. The number of aryl methyl sites for hydroxylation is 1. The second-order valence-electron chi connectivity index (χ2n) is 3.90. The first-order valence-electron chi connectivity index (χ1n) is 5.51. The monoisotopic (exact) mass is 306 g/mol. The molecule has 18 heavy (non-hydrogen) atoms. The number of fused-ring (bicyclic) bond motifs is 1. The molecule has 3 aromatic rings. The summed E-state index contributed by atoms with van der Waals surface area (Å²) >= 11 is 3.45. The van der Waals surface area contributed by atoms with E-state index >= 15 is 0 Å². The summed E-state index contributed by atoms with van der Waals surface area (Å²) in [7, 11) is 0. The standard InChI is InChI=1S/C12H11BrN4O/c1-8-11(13)17-12(14-8)15-10(16-17)7-18-9-5-3-2-4-6-9/h2-6H,7H2,1H3,(H,14,15,16). The molecule has 0 amide bonds. The van der Waals surface area contributed by atoms with Gasteiger partial charge in [-0.1, -0.05) is 18.2 Å². The Hall–Kier alpha value is -1.82. The molecule has 5 nitrogen and oxygen atoms in total. The van der Waals surface area contributed by atoms with Gasteiger partial charge in [-0.2, -0.15) is 4.98 Å². The number of benzene rings is 1. The zero-order valence-corrected chi connectivity index (χ0v) is 11.3. The number of ether oxygens (including phenoxy) is 1. The number of nitrogens with zero attached hydrogens (tertiary/aromatic N) is 3. The van der Waals surface area contributed by atoms with E-state index in [0.717, 1.165) is 21.9 Å². The van der Waals surface area contributed by atoms with Crippen LogP contribution >= 0.6 is 15.9 Å². The average Bonchev–Trinajstić information content (AvgIpc) is 2.89. The molecule has 2 aromatic heterocycles. The number of aromatic nitrogens is 4. The van der Waals surface area contributed by atoms with Gasteiger partial charge in [-0.05, 0) is 35.0 Å². The number of para-hydroxylation sites is 1. The third kappa shape index (κ3) is 1.99. The fourth-order valence-electron chi connectivity index (χ4n) is 1.68. The average molecular weight is 307 g/mol. The Kier molecular flexibility index (Phi) is 2.79. The summed E-state index contributed by atoms with van der Waals surface area (Å²) in [5.74, 6) is 2.20. The highest BCUT2D eigenvalue weighted by Gasteiger charge is 2.10. The molecule has 0 unspecified atom stereocenters. The fourth-order valence-corrected chi connectivity index (χ4v) is 2.01. The van der Waals surface area contributed by atoms with Crippen molar-refractivity contribution in [2.24, 2.45) is 0 Å². The predicted octanol–water partition coefficient (Wildman–Crippen LogP) is 2.71. The molecule has 0 radical (unpaired) electrons. The Morgan fingerprint density at radius 2 is 2.06 bits per heavy atom. The molecule has 0 saturated carbocycles. The number of H-pyrrole nitrogens is 1. The van der Waals surface area contributed by atoms with Gasteiger partial charge in [0.2, 0.25) is 0 Å². The van der Waals surface area contributed by atoms with E-state index < -0.39 is 0 Å². The lowest BCUT2D eigenvalue weighted by Crippen LogP contribution is -1.98. The molecular formula is C12H11BrN4O. The van der Waals surface area contributed by atoms with Crippen molar-refractivity contribution in [2.45, 2.75) is 13.5 Å². The molecular weight excluding hydrogens is 296 g/mol. The van der Waals surface area contributed by atoms with Crippen molar-refractivity contribution < 1.29 is 4.74 Å². The molecule has 0 atom stereocenters. The van der Waals surface area contributed by atoms with Crippen molar-refractivity contribution >= 4 is 21.7 Å². The molecule has 0 bridgehead atoms. The van der Waals surface area contributed by atoms with Gasteiger partial charge in [-0.15, -0.1) is 0 Å². The molecule has 6 heteroatoms. The van der Waals surface area contributed by atoms with Crippen molar-refractivity contribution in [3.63, 3.8) is 0 Å². The maximum Gasteiger partial charge on any atom is 0.252 e. The summed E-state index contributed by atoms with van der Waals surface area (Å²) in [4.78, 5) is 8.66. The lowest BCUT2D eigenvalue weighted by Gasteiger charge is -2.02. The number of rotatable bonds is 3. The van der Waals surface area contributed by atoms with E-state index in [1.807, 2.05) is 37.3 Å². The largest absolute Gasteiger partial charge is 0.486 e. The van der Waals surface area contributed by atoms with Gasteiger partial charge in [-0.3, -0.25) is 5.10 Å². The van der Waals surface area contributed by atoms with E-state index in [9.17, 15) is 0 Å². The number of nitrogens with one attached hydrogen (secondary N) is 1. The van der Waals surface area contributed by atoms with Crippen molar-refractivity contribution in [1.82, 2.24) is 19.6 Å². The lowest BCUT2D eigenvalue weighted by molar-refractivity contribution is 0.296. The number of imidazole rings is 1. The minimum absolute atomic E-state index is 0.388. The van der Waals surface area contributed by atoms with Crippen LogP contribution in [-0.4, -0.2) is 19.6 Å². The normalized spacial score (nSPS) is 11.0. The highest BCUT2D eigenvalue weighted by molar-refractivity contribution is 9.10. The van der Waals surface area contributed by atoms with Crippen LogP contribution in [0.25, 0.3) is 5.78 Å². The van der Waals surface area contributed by atoms with Crippen molar-refractivity contribution in [3.05, 3.63) is 46.5 Å². The van der Waals surface area contributed by atoms with E-state index in [-0.39, 0.29) is 0 Å². The third-order valence-electron chi connectivity index (χ3n) is 2.56. The van der Waals surface area contributed by atoms with Gasteiger partial charge >= 0.3 is 0 Å². The second kappa shape index (κ2) is 4.45. The van der Waals surface area contributed by atoms with Crippen LogP contribution in [0.1, 0.15) is 11.5 Å². The molecule has 0 aliphatic heterocycles.